The molecular formula is C12H23F3N4O2. The number of oxime groups is 1. The normalized spacial score (nSPS) is 20.7. The number of ether oxygens (including phenoxy) is 1. The number of nitrogens with zero attached hydrogens (tertiary/aromatic N) is 3. The maximum Gasteiger partial charge on any atom is 0.411 e. The third-order valence-corrected chi connectivity index (χ3v) is 3.53. The first-order chi connectivity index (χ1) is 9.83. The number of nitrogens with two attached hydrogens (primary N) is 1. The molecule has 1 rings (SSSR count). The Morgan fingerprint density at radius 1 is 1.33 bits per heavy atom. The second kappa shape index (κ2) is 8.40. The average Bonchev–Trinajstić information content (AvgIpc) is 2.44. The van der Waals surface area contributed by atoms with Gasteiger partial charge in [-0.05, 0) is 13.3 Å². The molecule has 124 valence electrons. The minimum absolute atomic E-state index is 0.111. The monoisotopic (exact) mass is 312 g/mol. The highest BCUT2D eigenvalue weighted by Gasteiger charge is 2.27. The summed E-state index contributed by atoms with van der Waals surface area (Å²) in [6.45, 7) is 4.68. The summed E-state index contributed by atoms with van der Waals surface area (Å²) in [6.07, 6.45) is -3.68. The van der Waals surface area contributed by atoms with E-state index in [0.29, 0.717) is 13.0 Å². The van der Waals surface area contributed by atoms with Crippen LogP contribution < -0.4 is 5.73 Å². The lowest BCUT2D eigenvalue weighted by Gasteiger charge is -2.37. The van der Waals surface area contributed by atoms with Crippen LogP contribution in [0.5, 0.6) is 0 Å². The van der Waals surface area contributed by atoms with E-state index in [4.69, 9.17) is 10.9 Å². The van der Waals surface area contributed by atoms with Crippen LogP contribution in [0.25, 0.3) is 0 Å². The average molecular weight is 312 g/mol. The van der Waals surface area contributed by atoms with Gasteiger partial charge in [-0.15, -0.1) is 0 Å². The molecule has 6 nitrogen and oxygen atoms in total. The molecule has 0 aliphatic carbocycles. The minimum atomic E-state index is -4.25. The Morgan fingerprint density at radius 2 is 1.95 bits per heavy atom. The first kappa shape index (κ1) is 18.0. The lowest BCUT2D eigenvalue weighted by Crippen LogP contribution is -2.53. The summed E-state index contributed by atoms with van der Waals surface area (Å²) >= 11 is 0. The van der Waals surface area contributed by atoms with Crippen molar-refractivity contribution in [1.82, 2.24) is 9.80 Å². The molecule has 1 heterocycles. The molecule has 0 aromatic rings. The third kappa shape index (κ3) is 6.96. The highest BCUT2D eigenvalue weighted by molar-refractivity contribution is 5.84. The van der Waals surface area contributed by atoms with Crippen LogP contribution in [-0.4, -0.2) is 79.0 Å². The van der Waals surface area contributed by atoms with E-state index in [1.807, 2.05) is 6.92 Å². The Kier molecular flexibility index (Phi) is 7.20. The molecule has 0 aromatic carbocycles. The molecule has 9 heteroatoms. The van der Waals surface area contributed by atoms with E-state index in [2.05, 4.69) is 19.7 Å². The molecule has 0 bridgehead atoms. The fourth-order valence-electron chi connectivity index (χ4n) is 2.22. The lowest BCUT2D eigenvalue weighted by atomic mass is 10.2. The smallest absolute Gasteiger partial charge is 0.409 e. The minimum Gasteiger partial charge on any atom is -0.409 e. The number of rotatable bonds is 7. The SMILES string of the molecule is CC(C(N)=NO)N1CCN(CCCOCC(F)(F)F)CC1. The Hall–Kier alpha value is -1.06. The molecule has 1 atom stereocenters. The molecule has 1 aliphatic heterocycles. The molecule has 0 saturated carbocycles. The van der Waals surface area contributed by atoms with Crippen molar-refractivity contribution in [3.05, 3.63) is 0 Å². The van der Waals surface area contributed by atoms with Crippen molar-refractivity contribution in [3.63, 3.8) is 0 Å². The van der Waals surface area contributed by atoms with Crippen molar-refractivity contribution in [2.24, 2.45) is 10.9 Å². The standard InChI is InChI=1S/C12H23F3N4O2/c1-10(11(16)17-20)19-6-4-18(5-7-19)3-2-8-21-9-12(13,14)15/h10,20H,2-9H2,1H3,(H2,16,17). The van der Waals surface area contributed by atoms with Gasteiger partial charge >= 0.3 is 6.18 Å². The number of hydrogen-bond acceptors (Lipinski definition) is 5. The highest BCUT2D eigenvalue weighted by Crippen LogP contribution is 2.14. The van der Waals surface area contributed by atoms with Crippen LogP contribution in [0, 0.1) is 0 Å². The van der Waals surface area contributed by atoms with Gasteiger partial charge in [-0.2, -0.15) is 13.2 Å². The van der Waals surface area contributed by atoms with Crippen molar-refractivity contribution in [3.8, 4) is 0 Å². The van der Waals surface area contributed by atoms with E-state index >= 15 is 0 Å². The molecule has 0 aromatic heterocycles. The van der Waals surface area contributed by atoms with Gasteiger partial charge in [0.05, 0.1) is 6.04 Å². The first-order valence-electron chi connectivity index (χ1n) is 6.92. The van der Waals surface area contributed by atoms with E-state index in [9.17, 15) is 13.2 Å². The van der Waals surface area contributed by atoms with Gasteiger partial charge < -0.3 is 20.6 Å². The fourth-order valence-corrected chi connectivity index (χ4v) is 2.22. The van der Waals surface area contributed by atoms with Crippen LogP contribution in [0.4, 0.5) is 13.2 Å². The maximum absolute atomic E-state index is 11.9. The van der Waals surface area contributed by atoms with Crippen LogP contribution in [0.15, 0.2) is 5.16 Å². The van der Waals surface area contributed by atoms with Gasteiger partial charge in [0.1, 0.15) is 6.61 Å². The number of piperazine rings is 1. The van der Waals surface area contributed by atoms with Crippen molar-refractivity contribution >= 4 is 5.84 Å². The molecule has 3 N–H and O–H groups in total. The van der Waals surface area contributed by atoms with Crippen molar-refractivity contribution < 1.29 is 23.1 Å². The van der Waals surface area contributed by atoms with Gasteiger partial charge in [0.25, 0.3) is 0 Å². The lowest BCUT2D eigenvalue weighted by molar-refractivity contribution is -0.174. The third-order valence-electron chi connectivity index (χ3n) is 3.53. The summed E-state index contributed by atoms with van der Waals surface area (Å²) in [4.78, 5) is 4.28. The summed E-state index contributed by atoms with van der Waals surface area (Å²) < 4.78 is 40.2. The second-order valence-corrected chi connectivity index (χ2v) is 5.10. The zero-order valence-electron chi connectivity index (χ0n) is 12.1. The van der Waals surface area contributed by atoms with Gasteiger partial charge in [0.15, 0.2) is 5.84 Å². The quantitative estimate of drug-likeness (QED) is 0.238. The predicted octanol–water partition coefficient (Wildman–Crippen LogP) is 0.708. The molecule has 1 saturated heterocycles. The number of hydrogen-bond donors (Lipinski definition) is 2. The number of halogens is 3. The fraction of sp³-hybridized carbons (Fsp3) is 0.917. The van der Waals surface area contributed by atoms with Crippen LogP contribution in [0.2, 0.25) is 0 Å². The molecule has 0 radical (unpaired) electrons. The number of amidine groups is 1. The maximum atomic E-state index is 11.9. The molecule has 1 aliphatic rings. The molecule has 0 amide bonds. The second-order valence-electron chi connectivity index (χ2n) is 5.10. The highest BCUT2D eigenvalue weighted by atomic mass is 19.4. The Bertz CT molecular complexity index is 331. The van der Waals surface area contributed by atoms with E-state index in [-0.39, 0.29) is 18.5 Å². The molecule has 21 heavy (non-hydrogen) atoms. The largest absolute Gasteiger partial charge is 0.411 e. The summed E-state index contributed by atoms with van der Waals surface area (Å²) in [5.41, 5.74) is 5.57. The predicted molar refractivity (Wildman–Crippen MR) is 72.4 cm³/mol. The Morgan fingerprint density at radius 3 is 2.48 bits per heavy atom. The Labute approximate surface area is 122 Å². The zero-order chi connectivity index (χ0) is 15.9. The molecule has 1 fully saturated rings. The van der Waals surface area contributed by atoms with Gasteiger partial charge in [-0.3, -0.25) is 4.90 Å². The van der Waals surface area contributed by atoms with Crippen molar-refractivity contribution in [2.45, 2.75) is 25.6 Å². The van der Waals surface area contributed by atoms with Gasteiger partial charge in [0.2, 0.25) is 0 Å². The Balaban J connectivity index is 2.14. The van der Waals surface area contributed by atoms with Crippen LogP contribution in [0.1, 0.15) is 13.3 Å². The van der Waals surface area contributed by atoms with Gasteiger partial charge in [0, 0.05) is 39.3 Å². The number of alkyl halides is 3. The van der Waals surface area contributed by atoms with E-state index < -0.39 is 12.8 Å². The summed E-state index contributed by atoms with van der Waals surface area (Å²) in [7, 11) is 0. The van der Waals surface area contributed by atoms with Crippen LogP contribution in [-0.2, 0) is 4.74 Å². The molecular weight excluding hydrogens is 289 g/mol. The topological polar surface area (TPSA) is 74.3 Å². The van der Waals surface area contributed by atoms with Crippen LogP contribution >= 0.6 is 0 Å². The van der Waals surface area contributed by atoms with E-state index in [1.54, 1.807) is 0 Å². The van der Waals surface area contributed by atoms with Gasteiger partial charge in [-0.25, -0.2) is 0 Å². The van der Waals surface area contributed by atoms with E-state index in [0.717, 1.165) is 26.2 Å². The van der Waals surface area contributed by atoms with Crippen molar-refractivity contribution in [1.29, 1.82) is 0 Å². The summed E-state index contributed by atoms with van der Waals surface area (Å²) in [5.74, 6) is 0.184. The molecule has 1 unspecified atom stereocenters. The summed E-state index contributed by atoms with van der Waals surface area (Å²) in [5, 5.41) is 11.6. The molecule has 0 spiro atoms. The summed E-state index contributed by atoms with van der Waals surface area (Å²) in [6, 6.07) is -0.118. The first-order valence-corrected chi connectivity index (χ1v) is 6.92. The van der Waals surface area contributed by atoms with Crippen LogP contribution in [0.3, 0.4) is 0 Å². The van der Waals surface area contributed by atoms with Crippen molar-refractivity contribution in [2.75, 3.05) is 45.9 Å². The zero-order valence-corrected chi connectivity index (χ0v) is 12.1. The van der Waals surface area contributed by atoms with E-state index in [1.165, 1.54) is 0 Å². The van der Waals surface area contributed by atoms with Gasteiger partial charge in [-0.1, -0.05) is 5.16 Å².